The number of nitrogens with one attached hydrogen (secondary N) is 1. The van der Waals surface area contributed by atoms with E-state index in [-0.39, 0.29) is 25.3 Å². The Morgan fingerprint density at radius 2 is 2.10 bits per heavy atom. The minimum Gasteiger partial charge on any atom is -0.376 e. The minimum absolute atomic E-state index is 0.0664. The van der Waals surface area contributed by atoms with Gasteiger partial charge in [-0.15, -0.1) is 0 Å². The van der Waals surface area contributed by atoms with Gasteiger partial charge in [-0.2, -0.15) is 13.2 Å². The van der Waals surface area contributed by atoms with Crippen molar-refractivity contribution >= 4 is 5.91 Å². The number of amides is 1. The summed E-state index contributed by atoms with van der Waals surface area (Å²) in [5, 5.41) is 2.34. The van der Waals surface area contributed by atoms with Gasteiger partial charge in [0.05, 0.1) is 25.4 Å². The van der Waals surface area contributed by atoms with Gasteiger partial charge in [-0.1, -0.05) is 0 Å². The first-order valence-corrected chi connectivity index (χ1v) is 6.20. The van der Waals surface area contributed by atoms with E-state index < -0.39 is 29.6 Å². The summed E-state index contributed by atoms with van der Waals surface area (Å²) in [5.41, 5.74) is -1.21. The lowest BCUT2D eigenvalue weighted by molar-refractivity contribution is -0.147. The maximum absolute atomic E-state index is 13.5. The molecular formula is C13H13F4NO3. The maximum Gasteiger partial charge on any atom is 0.416 e. The summed E-state index contributed by atoms with van der Waals surface area (Å²) < 4.78 is 61.3. The molecule has 1 fully saturated rings. The summed E-state index contributed by atoms with van der Waals surface area (Å²) in [6.45, 7) is 0.355. The quantitative estimate of drug-likeness (QED) is 0.867. The highest BCUT2D eigenvalue weighted by molar-refractivity contribution is 5.80. The number of benzene rings is 1. The Labute approximate surface area is 118 Å². The summed E-state index contributed by atoms with van der Waals surface area (Å²) in [5.74, 6) is -1.37. The zero-order valence-corrected chi connectivity index (χ0v) is 10.9. The standard InChI is InChI=1S/C13H13F4NO3/c14-10-2-1-9(13(15,16)17)5-8(10)6-18-12(19)11-7-20-3-4-21-11/h1-2,5,11H,3-4,6-7H2,(H,18,19)/t11-/m0/s1. The van der Waals surface area contributed by atoms with E-state index in [9.17, 15) is 22.4 Å². The number of carbonyl (C=O) groups is 1. The highest BCUT2D eigenvalue weighted by Crippen LogP contribution is 2.30. The van der Waals surface area contributed by atoms with Crippen LogP contribution in [0.5, 0.6) is 0 Å². The van der Waals surface area contributed by atoms with E-state index in [0.717, 1.165) is 6.07 Å². The molecule has 0 radical (unpaired) electrons. The Morgan fingerprint density at radius 3 is 2.71 bits per heavy atom. The molecule has 21 heavy (non-hydrogen) atoms. The Balaban J connectivity index is 2.00. The Hall–Kier alpha value is -1.67. The number of alkyl halides is 3. The van der Waals surface area contributed by atoms with E-state index in [0.29, 0.717) is 18.7 Å². The van der Waals surface area contributed by atoms with Crippen molar-refractivity contribution in [3.8, 4) is 0 Å². The number of ether oxygens (including phenoxy) is 2. The van der Waals surface area contributed by atoms with Crippen molar-refractivity contribution in [3.05, 3.63) is 35.1 Å². The lowest BCUT2D eigenvalue weighted by Gasteiger charge is -2.22. The summed E-state index contributed by atoms with van der Waals surface area (Å²) in [6.07, 6.45) is -5.39. The van der Waals surface area contributed by atoms with E-state index in [1.54, 1.807) is 0 Å². The molecule has 1 amide bonds. The van der Waals surface area contributed by atoms with Crippen LogP contribution in [0, 0.1) is 5.82 Å². The Kier molecular flexibility index (Phi) is 4.79. The zero-order chi connectivity index (χ0) is 15.5. The summed E-state index contributed by atoms with van der Waals surface area (Å²) >= 11 is 0. The molecule has 0 unspecified atom stereocenters. The van der Waals surface area contributed by atoms with Crippen molar-refractivity contribution < 1.29 is 31.8 Å². The van der Waals surface area contributed by atoms with Crippen LogP contribution in [0.1, 0.15) is 11.1 Å². The number of rotatable bonds is 3. The van der Waals surface area contributed by atoms with Crippen LogP contribution in [0.3, 0.4) is 0 Å². The third kappa shape index (κ3) is 4.15. The van der Waals surface area contributed by atoms with E-state index in [4.69, 9.17) is 9.47 Å². The zero-order valence-electron chi connectivity index (χ0n) is 10.9. The lowest BCUT2D eigenvalue weighted by Crippen LogP contribution is -2.42. The molecule has 4 nitrogen and oxygen atoms in total. The molecule has 8 heteroatoms. The van der Waals surface area contributed by atoms with Crippen LogP contribution in [-0.4, -0.2) is 31.8 Å². The minimum atomic E-state index is -4.56. The van der Waals surface area contributed by atoms with Gasteiger partial charge in [-0.05, 0) is 18.2 Å². The monoisotopic (exact) mass is 307 g/mol. The molecule has 0 aliphatic carbocycles. The van der Waals surface area contributed by atoms with Gasteiger partial charge in [0.25, 0.3) is 5.91 Å². The van der Waals surface area contributed by atoms with E-state index >= 15 is 0 Å². The molecule has 0 spiro atoms. The Morgan fingerprint density at radius 1 is 1.33 bits per heavy atom. The van der Waals surface area contributed by atoms with Crippen molar-refractivity contribution in [2.75, 3.05) is 19.8 Å². The average Bonchev–Trinajstić information content (AvgIpc) is 2.45. The molecule has 0 aromatic heterocycles. The largest absolute Gasteiger partial charge is 0.416 e. The van der Waals surface area contributed by atoms with Crippen molar-refractivity contribution in [2.24, 2.45) is 0 Å². The van der Waals surface area contributed by atoms with Crippen molar-refractivity contribution in [1.29, 1.82) is 0 Å². The first-order chi connectivity index (χ1) is 9.88. The van der Waals surface area contributed by atoms with Crippen LogP contribution in [0.2, 0.25) is 0 Å². The molecule has 2 rings (SSSR count). The van der Waals surface area contributed by atoms with Gasteiger partial charge in [-0.3, -0.25) is 4.79 Å². The molecular weight excluding hydrogens is 294 g/mol. The summed E-state index contributed by atoms with van der Waals surface area (Å²) in [7, 11) is 0. The van der Waals surface area contributed by atoms with E-state index in [1.807, 2.05) is 0 Å². The predicted molar refractivity (Wildman–Crippen MR) is 63.8 cm³/mol. The fourth-order valence-electron chi connectivity index (χ4n) is 1.82. The van der Waals surface area contributed by atoms with Crippen LogP contribution in [0.25, 0.3) is 0 Å². The molecule has 1 aliphatic heterocycles. The molecule has 1 atom stereocenters. The Bertz CT molecular complexity index is 513. The molecule has 1 N–H and O–H groups in total. The molecule has 116 valence electrons. The number of hydrogen-bond donors (Lipinski definition) is 1. The van der Waals surface area contributed by atoms with Crippen molar-refractivity contribution in [2.45, 2.75) is 18.8 Å². The number of carbonyl (C=O) groups excluding carboxylic acids is 1. The fourth-order valence-corrected chi connectivity index (χ4v) is 1.82. The third-order valence-electron chi connectivity index (χ3n) is 2.93. The van der Waals surface area contributed by atoms with Gasteiger partial charge >= 0.3 is 6.18 Å². The smallest absolute Gasteiger partial charge is 0.376 e. The second-order valence-corrected chi connectivity index (χ2v) is 4.46. The third-order valence-corrected chi connectivity index (χ3v) is 2.93. The summed E-state index contributed by atoms with van der Waals surface area (Å²) in [4.78, 5) is 11.7. The SMILES string of the molecule is O=C(NCc1cc(C(F)(F)F)ccc1F)[C@@H]1COCCO1. The van der Waals surface area contributed by atoms with Crippen LogP contribution in [0.15, 0.2) is 18.2 Å². The van der Waals surface area contributed by atoms with Crippen LogP contribution in [-0.2, 0) is 27.0 Å². The van der Waals surface area contributed by atoms with Crippen molar-refractivity contribution in [3.63, 3.8) is 0 Å². The van der Waals surface area contributed by atoms with Crippen molar-refractivity contribution in [1.82, 2.24) is 5.32 Å². The topological polar surface area (TPSA) is 47.6 Å². The molecule has 1 heterocycles. The van der Waals surface area contributed by atoms with Gasteiger partial charge in [0.15, 0.2) is 6.10 Å². The van der Waals surface area contributed by atoms with E-state index in [1.165, 1.54) is 0 Å². The van der Waals surface area contributed by atoms with Gasteiger partial charge in [0.1, 0.15) is 5.82 Å². The van der Waals surface area contributed by atoms with Crippen LogP contribution < -0.4 is 5.32 Å². The van der Waals surface area contributed by atoms with Crippen LogP contribution >= 0.6 is 0 Å². The molecule has 0 saturated carbocycles. The first kappa shape index (κ1) is 15.7. The van der Waals surface area contributed by atoms with Gasteiger partial charge < -0.3 is 14.8 Å². The molecule has 1 saturated heterocycles. The molecule has 1 aliphatic rings. The van der Waals surface area contributed by atoms with E-state index in [2.05, 4.69) is 5.32 Å². The fraction of sp³-hybridized carbons (Fsp3) is 0.462. The second-order valence-electron chi connectivity index (χ2n) is 4.46. The summed E-state index contributed by atoms with van der Waals surface area (Å²) in [6, 6.07) is 2.05. The normalized spacial score (nSPS) is 19.3. The maximum atomic E-state index is 13.5. The van der Waals surface area contributed by atoms with Gasteiger partial charge in [0.2, 0.25) is 0 Å². The number of hydrogen-bond acceptors (Lipinski definition) is 3. The highest BCUT2D eigenvalue weighted by atomic mass is 19.4. The first-order valence-electron chi connectivity index (χ1n) is 6.20. The molecule has 0 bridgehead atoms. The number of halogens is 4. The highest BCUT2D eigenvalue weighted by Gasteiger charge is 2.31. The molecule has 1 aromatic rings. The van der Waals surface area contributed by atoms with Crippen LogP contribution in [0.4, 0.5) is 17.6 Å². The predicted octanol–water partition coefficient (Wildman–Crippen LogP) is 1.88. The van der Waals surface area contributed by atoms with Gasteiger partial charge in [0, 0.05) is 12.1 Å². The lowest BCUT2D eigenvalue weighted by atomic mass is 10.1. The van der Waals surface area contributed by atoms with Gasteiger partial charge in [-0.25, -0.2) is 4.39 Å². The second kappa shape index (κ2) is 6.40. The average molecular weight is 307 g/mol. The molecule has 1 aromatic carbocycles.